The number of hydrogen-bond acceptors (Lipinski definition) is 7. The summed E-state index contributed by atoms with van der Waals surface area (Å²) in [6.45, 7) is 5.26. The van der Waals surface area contributed by atoms with Gasteiger partial charge in [-0.15, -0.1) is 0 Å². The lowest BCUT2D eigenvalue weighted by molar-refractivity contribution is -0.137. The summed E-state index contributed by atoms with van der Waals surface area (Å²) < 4.78 is 22.0. The molecular weight excluding hydrogens is 520 g/mol. The van der Waals surface area contributed by atoms with Crippen molar-refractivity contribution in [3.8, 4) is 28.4 Å². The zero-order valence-electron chi connectivity index (χ0n) is 23.6. The number of unbranched alkanes of at least 4 members (excludes halogenated alkanes) is 6. The number of esters is 2. The van der Waals surface area contributed by atoms with Crippen LogP contribution in [0.4, 0.5) is 0 Å². The number of carbonyl (C=O) groups excluding carboxylic acids is 2. The molecule has 41 heavy (non-hydrogen) atoms. The predicted molar refractivity (Wildman–Crippen MR) is 159 cm³/mol. The van der Waals surface area contributed by atoms with Crippen molar-refractivity contribution in [2.24, 2.45) is 0 Å². The highest BCUT2D eigenvalue weighted by atomic mass is 16.5. The maximum Gasteiger partial charge on any atom is 0.343 e. The molecule has 0 bridgehead atoms. The van der Waals surface area contributed by atoms with Crippen molar-refractivity contribution < 1.29 is 33.6 Å². The minimum absolute atomic E-state index is 0.249. The van der Waals surface area contributed by atoms with Gasteiger partial charge < -0.3 is 24.1 Å². The topological polar surface area (TPSA) is 91.3 Å². The van der Waals surface area contributed by atoms with Crippen molar-refractivity contribution in [3.63, 3.8) is 0 Å². The largest absolute Gasteiger partial charge is 0.494 e. The maximum atomic E-state index is 12.6. The van der Waals surface area contributed by atoms with Gasteiger partial charge in [0.15, 0.2) is 0 Å². The van der Waals surface area contributed by atoms with Crippen LogP contribution in [0.2, 0.25) is 0 Å². The van der Waals surface area contributed by atoms with E-state index in [9.17, 15) is 9.59 Å². The van der Waals surface area contributed by atoms with Crippen LogP contribution in [0.5, 0.6) is 17.2 Å². The van der Waals surface area contributed by atoms with Crippen molar-refractivity contribution in [2.45, 2.75) is 51.4 Å². The lowest BCUT2D eigenvalue weighted by Crippen LogP contribution is -2.08. The van der Waals surface area contributed by atoms with Gasteiger partial charge in [0.25, 0.3) is 0 Å². The SMILES string of the molecule is C=CC(=O)OCCCCCCOc1ccc(C(=O)Oc2ccc(-c3ccc(OCCCCCCO)cc3)cc2)cc1. The number of ether oxygens (including phenoxy) is 4. The van der Waals surface area contributed by atoms with E-state index in [1.807, 2.05) is 36.4 Å². The second-order valence-electron chi connectivity index (χ2n) is 9.58. The van der Waals surface area contributed by atoms with E-state index in [-0.39, 0.29) is 12.6 Å². The van der Waals surface area contributed by atoms with Crippen LogP contribution in [-0.2, 0) is 9.53 Å². The van der Waals surface area contributed by atoms with E-state index in [1.54, 1.807) is 36.4 Å². The Morgan fingerprint density at radius 1 is 0.610 bits per heavy atom. The Kier molecular flexibility index (Phi) is 14.0. The molecule has 0 saturated heterocycles. The minimum atomic E-state index is -0.431. The fourth-order valence-corrected chi connectivity index (χ4v) is 4.05. The molecule has 0 unspecified atom stereocenters. The Hall–Kier alpha value is -4.10. The third-order valence-electron chi connectivity index (χ3n) is 6.38. The fraction of sp³-hybridized carbons (Fsp3) is 0.353. The molecule has 3 rings (SSSR count). The molecule has 1 N–H and O–H groups in total. The zero-order valence-corrected chi connectivity index (χ0v) is 23.6. The first-order valence-corrected chi connectivity index (χ1v) is 14.3. The summed E-state index contributed by atoms with van der Waals surface area (Å²) in [7, 11) is 0. The Morgan fingerprint density at radius 2 is 1.07 bits per heavy atom. The van der Waals surface area contributed by atoms with Gasteiger partial charge in [-0.05, 0) is 105 Å². The van der Waals surface area contributed by atoms with Crippen molar-refractivity contribution in [2.75, 3.05) is 26.4 Å². The first kappa shape index (κ1) is 31.4. The summed E-state index contributed by atoms with van der Waals surface area (Å²) in [5, 5.41) is 8.83. The van der Waals surface area contributed by atoms with Gasteiger partial charge in [-0.25, -0.2) is 9.59 Å². The normalized spacial score (nSPS) is 10.6. The van der Waals surface area contributed by atoms with Gasteiger partial charge in [-0.3, -0.25) is 0 Å². The van der Waals surface area contributed by atoms with Crippen LogP contribution in [-0.4, -0.2) is 43.5 Å². The lowest BCUT2D eigenvalue weighted by Gasteiger charge is -2.09. The molecule has 0 fully saturated rings. The van der Waals surface area contributed by atoms with Crippen LogP contribution < -0.4 is 14.2 Å². The number of rotatable bonds is 19. The summed E-state index contributed by atoms with van der Waals surface area (Å²) in [6, 6.07) is 22.2. The van der Waals surface area contributed by atoms with Crippen LogP contribution in [0, 0.1) is 0 Å². The van der Waals surface area contributed by atoms with Crippen LogP contribution in [0.1, 0.15) is 61.7 Å². The average molecular weight is 561 g/mol. The lowest BCUT2D eigenvalue weighted by atomic mass is 10.1. The minimum Gasteiger partial charge on any atom is -0.494 e. The van der Waals surface area contributed by atoms with Gasteiger partial charge in [0.2, 0.25) is 0 Å². The monoisotopic (exact) mass is 560 g/mol. The molecule has 0 aliphatic rings. The summed E-state index contributed by atoms with van der Waals surface area (Å²) in [6.07, 6.45) is 8.69. The molecule has 0 heterocycles. The number of hydrogen-bond donors (Lipinski definition) is 1. The number of carbonyl (C=O) groups is 2. The van der Waals surface area contributed by atoms with Crippen molar-refractivity contribution in [1.82, 2.24) is 0 Å². The molecule has 218 valence electrons. The average Bonchev–Trinajstić information content (AvgIpc) is 3.01. The van der Waals surface area contributed by atoms with Gasteiger partial charge in [-0.1, -0.05) is 37.3 Å². The van der Waals surface area contributed by atoms with Crippen molar-refractivity contribution in [1.29, 1.82) is 0 Å². The quantitative estimate of drug-likeness (QED) is 0.0719. The molecule has 3 aromatic rings. The molecule has 0 saturated carbocycles. The van der Waals surface area contributed by atoms with Crippen LogP contribution in [0.3, 0.4) is 0 Å². The summed E-state index contributed by atoms with van der Waals surface area (Å²) in [5.74, 6) is 1.18. The summed E-state index contributed by atoms with van der Waals surface area (Å²) in [5.41, 5.74) is 2.50. The Balaban J connectivity index is 1.36. The van der Waals surface area contributed by atoms with Crippen LogP contribution in [0.15, 0.2) is 85.5 Å². The van der Waals surface area contributed by atoms with E-state index in [4.69, 9.17) is 24.1 Å². The van der Waals surface area contributed by atoms with Gasteiger partial charge in [0.05, 0.1) is 25.4 Å². The van der Waals surface area contributed by atoms with E-state index in [1.165, 1.54) is 6.08 Å². The van der Waals surface area contributed by atoms with Gasteiger partial charge in [-0.2, -0.15) is 0 Å². The third kappa shape index (κ3) is 11.9. The summed E-state index contributed by atoms with van der Waals surface area (Å²) in [4.78, 5) is 23.6. The molecule has 7 nitrogen and oxygen atoms in total. The van der Waals surface area contributed by atoms with E-state index in [0.717, 1.165) is 68.2 Å². The number of aliphatic hydroxyl groups excluding tert-OH is 1. The molecule has 0 amide bonds. The number of aliphatic hydroxyl groups is 1. The fourth-order valence-electron chi connectivity index (χ4n) is 4.05. The highest BCUT2D eigenvalue weighted by molar-refractivity contribution is 5.91. The second kappa shape index (κ2) is 18.3. The van der Waals surface area contributed by atoms with E-state index < -0.39 is 5.97 Å². The molecule has 0 aliphatic carbocycles. The van der Waals surface area contributed by atoms with E-state index >= 15 is 0 Å². The van der Waals surface area contributed by atoms with Gasteiger partial charge in [0, 0.05) is 12.7 Å². The molecule has 0 spiro atoms. The van der Waals surface area contributed by atoms with Crippen LogP contribution in [0.25, 0.3) is 11.1 Å². The Morgan fingerprint density at radius 3 is 1.59 bits per heavy atom. The highest BCUT2D eigenvalue weighted by Gasteiger charge is 2.09. The standard InChI is InChI=1S/C34H40O7/c1-2-33(36)40-26-10-6-5-9-25-39-31-19-15-29(16-20-31)34(37)41-32-21-13-28(14-22-32)27-11-17-30(18-12-27)38-24-8-4-3-7-23-35/h2,11-22,35H,1,3-10,23-26H2. The summed E-state index contributed by atoms with van der Waals surface area (Å²) >= 11 is 0. The maximum absolute atomic E-state index is 12.6. The Bertz CT molecular complexity index is 1190. The van der Waals surface area contributed by atoms with Gasteiger partial charge in [0.1, 0.15) is 17.2 Å². The van der Waals surface area contributed by atoms with E-state index in [2.05, 4.69) is 6.58 Å². The first-order valence-electron chi connectivity index (χ1n) is 14.3. The first-order chi connectivity index (χ1) is 20.1. The van der Waals surface area contributed by atoms with Gasteiger partial charge >= 0.3 is 11.9 Å². The molecular formula is C34H40O7. The number of benzene rings is 3. The van der Waals surface area contributed by atoms with Crippen molar-refractivity contribution in [3.05, 3.63) is 91.0 Å². The Labute approximate surface area is 242 Å². The molecule has 0 aliphatic heterocycles. The van der Waals surface area contributed by atoms with Crippen LogP contribution >= 0.6 is 0 Å². The second-order valence-corrected chi connectivity index (χ2v) is 9.58. The molecule has 0 aromatic heterocycles. The molecule has 0 radical (unpaired) electrons. The zero-order chi connectivity index (χ0) is 29.1. The molecule has 3 aromatic carbocycles. The smallest absolute Gasteiger partial charge is 0.343 e. The molecule has 0 atom stereocenters. The third-order valence-corrected chi connectivity index (χ3v) is 6.38. The van der Waals surface area contributed by atoms with E-state index in [0.29, 0.717) is 36.9 Å². The predicted octanol–water partition coefficient (Wildman–Crippen LogP) is 7.17. The highest BCUT2D eigenvalue weighted by Crippen LogP contribution is 2.25. The molecule has 7 heteroatoms. The van der Waals surface area contributed by atoms with Crippen molar-refractivity contribution >= 4 is 11.9 Å².